The van der Waals surface area contributed by atoms with E-state index >= 15 is 0 Å². The van der Waals surface area contributed by atoms with Crippen LogP contribution < -0.4 is 15.4 Å². The number of methoxy groups -OCH3 is 1. The summed E-state index contributed by atoms with van der Waals surface area (Å²) in [6.45, 7) is 1.89. The zero-order valence-electron chi connectivity index (χ0n) is 10.7. The van der Waals surface area contributed by atoms with Crippen molar-refractivity contribution in [1.82, 2.24) is 9.97 Å². The summed E-state index contributed by atoms with van der Waals surface area (Å²) in [5, 5.41) is 6.38. The normalized spacial score (nSPS) is 9.79. The second-order valence-electron chi connectivity index (χ2n) is 3.80. The van der Waals surface area contributed by atoms with E-state index in [4.69, 9.17) is 17.0 Å². The van der Waals surface area contributed by atoms with Gasteiger partial charge < -0.3 is 15.4 Å². The van der Waals surface area contributed by atoms with Gasteiger partial charge in [0.2, 0.25) is 5.95 Å². The summed E-state index contributed by atoms with van der Waals surface area (Å²) in [7, 11) is 1.61. The highest BCUT2D eigenvalue weighted by atomic mass is 32.1. The minimum Gasteiger partial charge on any atom is -0.495 e. The van der Waals surface area contributed by atoms with Crippen molar-refractivity contribution >= 4 is 29.0 Å². The summed E-state index contributed by atoms with van der Waals surface area (Å²) >= 11 is 5.21. The highest BCUT2D eigenvalue weighted by Gasteiger charge is 2.05. The van der Waals surface area contributed by atoms with Crippen molar-refractivity contribution in [3.63, 3.8) is 0 Å². The number of aromatic nitrogens is 2. The van der Waals surface area contributed by atoms with E-state index in [-0.39, 0.29) is 0 Å². The van der Waals surface area contributed by atoms with E-state index in [2.05, 4.69) is 20.6 Å². The number of ether oxygens (including phenoxy) is 1. The molecule has 0 spiro atoms. The van der Waals surface area contributed by atoms with E-state index in [1.165, 1.54) is 0 Å². The Morgan fingerprint density at radius 3 is 2.74 bits per heavy atom. The molecule has 2 N–H and O–H groups in total. The van der Waals surface area contributed by atoms with Crippen molar-refractivity contribution in [2.24, 2.45) is 0 Å². The van der Waals surface area contributed by atoms with Gasteiger partial charge in [-0.05, 0) is 37.3 Å². The molecule has 0 saturated carbocycles. The van der Waals surface area contributed by atoms with Crippen molar-refractivity contribution < 1.29 is 4.74 Å². The second-order valence-corrected chi connectivity index (χ2v) is 4.21. The van der Waals surface area contributed by atoms with Crippen molar-refractivity contribution in [1.29, 1.82) is 0 Å². The topological polar surface area (TPSA) is 59.1 Å². The van der Waals surface area contributed by atoms with Gasteiger partial charge >= 0.3 is 0 Å². The summed E-state index contributed by atoms with van der Waals surface area (Å²) in [4.78, 5) is 8.30. The Kier molecular flexibility index (Phi) is 4.25. The maximum Gasteiger partial charge on any atom is 0.229 e. The van der Waals surface area contributed by atoms with E-state index in [0.29, 0.717) is 11.1 Å². The number of para-hydroxylation sites is 2. The van der Waals surface area contributed by atoms with Crippen LogP contribution >= 0.6 is 12.2 Å². The third-order valence-electron chi connectivity index (χ3n) is 2.38. The number of hydrogen-bond acceptors (Lipinski definition) is 4. The van der Waals surface area contributed by atoms with Crippen LogP contribution in [0.25, 0.3) is 0 Å². The molecule has 0 aliphatic carbocycles. The van der Waals surface area contributed by atoms with Crippen LogP contribution in [0.3, 0.4) is 0 Å². The average molecular weight is 274 g/mol. The molecular weight excluding hydrogens is 260 g/mol. The Bertz CT molecular complexity index is 588. The smallest absolute Gasteiger partial charge is 0.229 e. The standard InChI is InChI=1S/C13H14N4OS/c1-9-7-8-14-12(15-9)17-13(19)16-10-5-3-4-6-11(10)18-2/h3-8H,1-2H3,(H2,14,15,16,17,19). The Balaban J connectivity index is 2.05. The number of hydrogen-bond donors (Lipinski definition) is 2. The summed E-state index contributed by atoms with van der Waals surface area (Å²) < 4.78 is 5.23. The fourth-order valence-electron chi connectivity index (χ4n) is 1.51. The number of anilines is 2. The minimum absolute atomic E-state index is 0.412. The van der Waals surface area contributed by atoms with Gasteiger partial charge in [0, 0.05) is 11.9 Å². The first-order chi connectivity index (χ1) is 9.19. The molecule has 6 heteroatoms. The van der Waals surface area contributed by atoms with Gasteiger partial charge in [-0.3, -0.25) is 0 Å². The highest BCUT2D eigenvalue weighted by molar-refractivity contribution is 7.80. The van der Waals surface area contributed by atoms with E-state index in [0.717, 1.165) is 17.1 Å². The highest BCUT2D eigenvalue weighted by Crippen LogP contribution is 2.22. The Morgan fingerprint density at radius 2 is 2.00 bits per heavy atom. The largest absolute Gasteiger partial charge is 0.495 e. The number of nitrogens with one attached hydrogen (secondary N) is 2. The molecule has 2 rings (SSSR count). The molecule has 0 atom stereocenters. The lowest BCUT2D eigenvalue weighted by molar-refractivity contribution is 0.417. The molecule has 2 aromatic rings. The SMILES string of the molecule is COc1ccccc1NC(=S)Nc1nccc(C)n1. The number of benzene rings is 1. The second kappa shape index (κ2) is 6.10. The predicted octanol–water partition coefficient (Wildman–Crippen LogP) is 2.60. The van der Waals surface area contributed by atoms with Gasteiger partial charge in [-0.1, -0.05) is 12.1 Å². The number of aryl methyl sites for hydroxylation is 1. The first-order valence-corrected chi connectivity index (χ1v) is 6.10. The van der Waals surface area contributed by atoms with Crippen molar-refractivity contribution in [3.8, 4) is 5.75 Å². The predicted molar refractivity (Wildman–Crippen MR) is 79.6 cm³/mol. The molecule has 0 bridgehead atoms. The quantitative estimate of drug-likeness (QED) is 0.839. The van der Waals surface area contributed by atoms with Crippen molar-refractivity contribution in [2.75, 3.05) is 17.7 Å². The fourth-order valence-corrected chi connectivity index (χ4v) is 1.71. The monoisotopic (exact) mass is 274 g/mol. The molecule has 5 nitrogen and oxygen atoms in total. The summed E-state index contributed by atoms with van der Waals surface area (Å²) in [5.41, 5.74) is 1.66. The zero-order chi connectivity index (χ0) is 13.7. The lowest BCUT2D eigenvalue weighted by Gasteiger charge is -2.12. The molecule has 98 valence electrons. The molecule has 19 heavy (non-hydrogen) atoms. The molecule has 0 aliphatic heterocycles. The first kappa shape index (κ1) is 13.2. The lowest BCUT2D eigenvalue weighted by atomic mass is 10.3. The van der Waals surface area contributed by atoms with Crippen molar-refractivity contribution in [2.45, 2.75) is 6.92 Å². The zero-order valence-corrected chi connectivity index (χ0v) is 11.5. The van der Waals surface area contributed by atoms with E-state index in [9.17, 15) is 0 Å². The van der Waals surface area contributed by atoms with Gasteiger partial charge in [-0.2, -0.15) is 0 Å². The number of thiocarbonyl (C=S) groups is 1. The summed E-state index contributed by atoms with van der Waals surface area (Å²) in [6.07, 6.45) is 1.68. The first-order valence-electron chi connectivity index (χ1n) is 5.69. The van der Waals surface area contributed by atoms with Crippen LogP contribution in [0.1, 0.15) is 5.69 Å². The third kappa shape index (κ3) is 3.62. The molecule has 1 heterocycles. The molecule has 0 aliphatic rings. The van der Waals surface area contributed by atoms with Gasteiger partial charge in [-0.25, -0.2) is 9.97 Å². The molecule has 0 amide bonds. The summed E-state index contributed by atoms with van der Waals surface area (Å²) in [5.74, 6) is 1.18. The maximum absolute atomic E-state index is 5.23. The van der Waals surface area contributed by atoms with E-state index in [1.54, 1.807) is 13.3 Å². The Morgan fingerprint density at radius 1 is 1.21 bits per heavy atom. The van der Waals surface area contributed by atoms with Crippen LogP contribution in [0, 0.1) is 6.92 Å². The molecule has 0 saturated heterocycles. The maximum atomic E-state index is 5.23. The van der Waals surface area contributed by atoms with Crippen LogP contribution in [0.4, 0.5) is 11.6 Å². The fraction of sp³-hybridized carbons (Fsp3) is 0.154. The van der Waals surface area contributed by atoms with Crippen LogP contribution in [0.5, 0.6) is 5.75 Å². The van der Waals surface area contributed by atoms with Crippen LogP contribution in [0.2, 0.25) is 0 Å². The van der Waals surface area contributed by atoms with Gasteiger partial charge in [0.25, 0.3) is 0 Å². The van der Waals surface area contributed by atoms with Crippen LogP contribution in [-0.4, -0.2) is 22.2 Å². The number of nitrogens with zero attached hydrogens (tertiary/aromatic N) is 2. The van der Waals surface area contributed by atoms with Gasteiger partial charge in [0.15, 0.2) is 5.11 Å². The molecule has 0 radical (unpaired) electrons. The summed E-state index contributed by atoms with van der Waals surface area (Å²) in [6, 6.07) is 9.35. The van der Waals surface area contributed by atoms with E-state index < -0.39 is 0 Å². The molecule has 0 fully saturated rings. The van der Waals surface area contributed by atoms with Gasteiger partial charge in [0.05, 0.1) is 12.8 Å². The molecular formula is C13H14N4OS. The van der Waals surface area contributed by atoms with Crippen LogP contribution in [0.15, 0.2) is 36.5 Å². The Hall–Kier alpha value is -2.21. The third-order valence-corrected chi connectivity index (χ3v) is 2.58. The minimum atomic E-state index is 0.412. The average Bonchev–Trinajstić information content (AvgIpc) is 2.39. The van der Waals surface area contributed by atoms with Gasteiger partial charge in [0.1, 0.15) is 5.75 Å². The lowest BCUT2D eigenvalue weighted by Crippen LogP contribution is -2.21. The number of rotatable bonds is 3. The van der Waals surface area contributed by atoms with E-state index in [1.807, 2.05) is 37.3 Å². The van der Waals surface area contributed by atoms with Gasteiger partial charge in [-0.15, -0.1) is 0 Å². The molecule has 1 aromatic heterocycles. The Labute approximate surface area is 117 Å². The van der Waals surface area contributed by atoms with Crippen molar-refractivity contribution in [3.05, 3.63) is 42.2 Å². The molecule has 0 unspecified atom stereocenters. The van der Waals surface area contributed by atoms with Crippen LogP contribution in [-0.2, 0) is 0 Å². The molecule has 1 aromatic carbocycles.